The van der Waals surface area contributed by atoms with Crippen molar-refractivity contribution in [1.29, 1.82) is 0 Å². The van der Waals surface area contributed by atoms with Gasteiger partial charge in [-0.2, -0.15) is 8.42 Å². The summed E-state index contributed by atoms with van der Waals surface area (Å²) in [5.74, 6) is -0.222. The monoisotopic (exact) mass is 294 g/mol. The smallest absolute Gasteiger partial charge is 0.298 e. The maximum absolute atomic E-state index is 13.3. The van der Waals surface area contributed by atoms with E-state index in [9.17, 15) is 17.4 Å². The van der Waals surface area contributed by atoms with Gasteiger partial charge in [-0.1, -0.05) is 12.1 Å². The molecule has 0 saturated carbocycles. The van der Waals surface area contributed by atoms with Gasteiger partial charge < -0.3 is 4.74 Å². The Bertz CT molecular complexity index is 784. The Hall–Kier alpha value is -1.92. The van der Waals surface area contributed by atoms with Crippen LogP contribution in [0.5, 0.6) is 5.75 Å². The first kappa shape index (κ1) is 13.1. The number of fused-ring (bicyclic) bond motifs is 1. The van der Waals surface area contributed by atoms with Gasteiger partial charge in [-0.05, 0) is 41.0 Å². The van der Waals surface area contributed by atoms with Crippen molar-refractivity contribution in [2.75, 3.05) is 6.61 Å². The van der Waals surface area contributed by atoms with Crippen molar-refractivity contribution in [2.24, 2.45) is 0 Å². The normalized spacial score (nSPS) is 13.9. The van der Waals surface area contributed by atoms with Crippen molar-refractivity contribution in [3.8, 4) is 16.9 Å². The first-order valence-corrected chi connectivity index (χ1v) is 7.42. The minimum absolute atomic E-state index is 0.188. The molecule has 0 spiro atoms. The van der Waals surface area contributed by atoms with Crippen molar-refractivity contribution in [2.45, 2.75) is 11.3 Å². The molecule has 0 saturated heterocycles. The Balaban J connectivity index is 2.24. The van der Waals surface area contributed by atoms with Crippen LogP contribution in [0.15, 0.2) is 41.3 Å². The molecular weight excluding hydrogens is 283 g/mol. The molecule has 3 rings (SSSR count). The third-order valence-corrected chi connectivity index (χ3v) is 4.04. The number of hydrogen-bond donors (Lipinski definition) is 1. The summed E-state index contributed by atoms with van der Waals surface area (Å²) in [6.07, 6.45) is 0.557. The fourth-order valence-electron chi connectivity index (χ4n) is 2.30. The highest BCUT2D eigenvalue weighted by atomic mass is 32.2. The van der Waals surface area contributed by atoms with Gasteiger partial charge in [0, 0.05) is 6.42 Å². The van der Waals surface area contributed by atoms with E-state index in [0.717, 1.165) is 0 Å². The number of ether oxygens (including phenoxy) is 1. The second-order valence-corrected chi connectivity index (χ2v) is 5.94. The van der Waals surface area contributed by atoms with Crippen LogP contribution in [0.1, 0.15) is 5.56 Å². The van der Waals surface area contributed by atoms with Gasteiger partial charge >= 0.3 is 0 Å². The topological polar surface area (TPSA) is 63.6 Å². The predicted molar refractivity (Wildman–Crippen MR) is 70.8 cm³/mol. The Morgan fingerprint density at radius 1 is 1.15 bits per heavy atom. The van der Waals surface area contributed by atoms with E-state index in [1.807, 2.05) is 0 Å². The second kappa shape index (κ2) is 4.57. The molecule has 2 aromatic rings. The summed E-state index contributed by atoms with van der Waals surface area (Å²) < 4.78 is 50.7. The summed E-state index contributed by atoms with van der Waals surface area (Å²) in [6, 6.07) is 8.89. The SMILES string of the molecule is O=S(=O)(O)c1cc(-c2cccc(F)c2)cc2c1OCC2. The van der Waals surface area contributed by atoms with Crippen LogP contribution in [0.25, 0.3) is 11.1 Å². The zero-order valence-corrected chi connectivity index (χ0v) is 11.2. The van der Waals surface area contributed by atoms with E-state index >= 15 is 0 Å². The Kier molecular flexibility index (Phi) is 2.99. The van der Waals surface area contributed by atoms with Crippen LogP contribution < -0.4 is 4.74 Å². The van der Waals surface area contributed by atoms with E-state index in [4.69, 9.17) is 4.74 Å². The third-order valence-electron chi connectivity index (χ3n) is 3.19. The zero-order chi connectivity index (χ0) is 14.3. The fourth-order valence-corrected chi connectivity index (χ4v) is 3.00. The average molecular weight is 294 g/mol. The fraction of sp³-hybridized carbons (Fsp3) is 0.143. The molecule has 1 N–H and O–H groups in total. The van der Waals surface area contributed by atoms with Crippen molar-refractivity contribution in [3.63, 3.8) is 0 Å². The lowest BCUT2D eigenvalue weighted by Crippen LogP contribution is -2.01. The molecule has 0 amide bonds. The highest BCUT2D eigenvalue weighted by Gasteiger charge is 2.25. The van der Waals surface area contributed by atoms with E-state index in [2.05, 4.69) is 0 Å². The maximum Gasteiger partial charge on any atom is 0.298 e. The predicted octanol–water partition coefficient (Wildman–Crippen LogP) is 2.67. The zero-order valence-electron chi connectivity index (χ0n) is 10.3. The van der Waals surface area contributed by atoms with Crippen LogP contribution in [0, 0.1) is 5.82 Å². The summed E-state index contributed by atoms with van der Waals surface area (Å²) in [5, 5.41) is 0. The van der Waals surface area contributed by atoms with Crippen LogP contribution in [-0.2, 0) is 16.5 Å². The molecule has 20 heavy (non-hydrogen) atoms. The van der Waals surface area contributed by atoms with Crippen LogP contribution in [0.2, 0.25) is 0 Å². The number of rotatable bonds is 2. The molecule has 6 heteroatoms. The van der Waals surface area contributed by atoms with E-state index in [1.54, 1.807) is 18.2 Å². The first-order valence-electron chi connectivity index (χ1n) is 5.98. The van der Waals surface area contributed by atoms with Gasteiger partial charge in [-0.3, -0.25) is 4.55 Å². The van der Waals surface area contributed by atoms with E-state index < -0.39 is 15.9 Å². The highest BCUT2D eigenvalue weighted by Crippen LogP contribution is 2.37. The lowest BCUT2D eigenvalue weighted by Gasteiger charge is -2.09. The minimum atomic E-state index is -4.39. The van der Waals surface area contributed by atoms with Crippen LogP contribution in [0.4, 0.5) is 4.39 Å². The standard InChI is InChI=1S/C14H11FO4S/c15-12-3-1-2-9(7-12)11-6-10-4-5-19-14(10)13(8-11)20(16,17)18/h1-3,6-8H,4-5H2,(H,16,17,18). The second-order valence-electron chi connectivity index (χ2n) is 4.55. The highest BCUT2D eigenvalue weighted by molar-refractivity contribution is 7.86. The minimum Gasteiger partial charge on any atom is -0.491 e. The molecule has 0 radical (unpaired) electrons. The largest absolute Gasteiger partial charge is 0.491 e. The lowest BCUT2D eigenvalue weighted by atomic mass is 10.0. The summed E-state index contributed by atoms with van der Waals surface area (Å²) in [7, 11) is -4.39. The molecule has 0 aromatic heterocycles. The van der Waals surface area contributed by atoms with Gasteiger partial charge in [0.1, 0.15) is 16.5 Å². The molecule has 0 aliphatic carbocycles. The number of benzene rings is 2. The van der Waals surface area contributed by atoms with E-state index in [0.29, 0.717) is 29.7 Å². The molecule has 2 aromatic carbocycles. The van der Waals surface area contributed by atoms with Gasteiger partial charge in [0.15, 0.2) is 0 Å². The summed E-state index contributed by atoms with van der Waals surface area (Å²) >= 11 is 0. The summed E-state index contributed by atoms with van der Waals surface area (Å²) in [5.41, 5.74) is 1.77. The van der Waals surface area contributed by atoms with Crippen molar-refractivity contribution in [3.05, 3.63) is 47.8 Å². The van der Waals surface area contributed by atoms with Crippen LogP contribution in [-0.4, -0.2) is 19.6 Å². The van der Waals surface area contributed by atoms with Gasteiger partial charge in [0.05, 0.1) is 6.61 Å². The van der Waals surface area contributed by atoms with Crippen LogP contribution in [0.3, 0.4) is 0 Å². The molecule has 4 nitrogen and oxygen atoms in total. The van der Waals surface area contributed by atoms with Gasteiger partial charge in [-0.15, -0.1) is 0 Å². The first-order chi connectivity index (χ1) is 9.45. The third kappa shape index (κ3) is 2.28. The molecule has 0 fully saturated rings. The molecule has 0 bridgehead atoms. The maximum atomic E-state index is 13.3. The molecule has 1 heterocycles. The Morgan fingerprint density at radius 2 is 1.95 bits per heavy atom. The molecule has 104 valence electrons. The molecule has 1 aliphatic heterocycles. The van der Waals surface area contributed by atoms with Crippen LogP contribution >= 0.6 is 0 Å². The van der Waals surface area contributed by atoms with Gasteiger partial charge in [-0.25, -0.2) is 4.39 Å². The lowest BCUT2D eigenvalue weighted by molar-refractivity contribution is 0.346. The van der Waals surface area contributed by atoms with Crippen molar-refractivity contribution in [1.82, 2.24) is 0 Å². The van der Waals surface area contributed by atoms with Crippen molar-refractivity contribution >= 4 is 10.1 Å². The summed E-state index contributed by atoms with van der Waals surface area (Å²) in [4.78, 5) is -0.272. The summed E-state index contributed by atoms with van der Waals surface area (Å²) in [6.45, 7) is 0.366. The number of hydrogen-bond acceptors (Lipinski definition) is 3. The molecule has 0 unspecified atom stereocenters. The molecule has 1 aliphatic rings. The van der Waals surface area contributed by atoms with Crippen molar-refractivity contribution < 1.29 is 22.1 Å². The van der Waals surface area contributed by atoms with Gasteiger partial charge in [0.2, 0.25) is 0 Å². The molecule has 0 atom stereocenters. The van der Waals surface area contributed by atoms with E-state index in [1.165, 1.54) is 18.2 Å². The Morgan fingerprint density at radius 3 is 2.65 bits per heavy atom. The Labute approximate surface area is 115 Å². The molecular formula is C14H11FO4S. The van der Waals surface area contributed by atoms with Gasteiger partial charge in [0.25, 0.3) is 10.1 Å². The van der Waals surface area contributed by atoms with E-state index in [-0.39, 0.29) is 10.6 Å². The number of halogens is 1. The quantitative estimate of drug-likeness (QED) is 0.865. The average Bonchev–Trinajstić information content (AvgIpc) is 2.84.